The molecule has 2 aromatic rings. The van der Waals surface area contributed by atoms with E-state index in [0.717, 1.165) is 18.7 Å². The van der Waals surface area contributed by atoms with Crippen molar-refractivity contribution in [1.29, 1.82) is 0 Å². The van der Waals surface area contributed by atoms with E-state index < -0.39 is 6.04 Å². The number of aryl methyl sites for hydroxylation is 1. The number of para-hydroxylation sites is 1. The topological polar surface area (TPSA) is 52.7 Å². The molecule has 0 aliphatic carbocycles. The van der Waals surface area contributed by atoms with Gasteiger partial charge in [-0.05, 0) is 37.1 Å². The van der Waals surface area contributed by atoms with Crippen LogP contribution in [0.15, 0.2) is 54.6 Å². The van der Waals surface area contributed by atoms with Crippen LogP contribution in [0.5, 0.6) is 0 Å². The molecule has 0 radical (unpaired) electrons. The van der Waals surface area contributed by atoms with Gasteiger partial charge < -0.3 is 15.1 Å². The van der Waals surface area contributed by atoms with E-state index in [1.165, 1.54) is 5.69 Å². The van der Waals surface area contributed by atoms with Crippen LogP contribution in [0.3, 0.4) is 0 Å². The minimum Gasteiger partial charge on any atom is -0.368 e. The zero-order valence-electron chi connectivity index (χ0n) is 16.9. The van der Waals surface area contributed by atoms with E-state index in [0.29, 0.717) is 18.7 Å². The van der Waals surface area contributed by atoms with Gasteiger partial charge in [0.1, 0.15) is 6.04 Å². The molecule has 1 atom stereocenters. The molecule has 0 aromatic heterocycles. The predicted molar refractivity (Wildman–Crippen MR) is 113 cm³/mol. The number of hydrogen-bond acceptors (Lipinski definition) is 3. The van der Waals surface area contributed by atoms with Crippen molar-refractivity contribution in [2.24, 2.45) is 5.92 Å². The standard InChI is InChI=1S/C23H29N3O2/c1-17(2)21(24-22(27)19-11-9-18(3)10-12-19)23(28)26-15-13-25(14-16-26)20-7-5-4-6-8-20/h4-12,17,21H,13-16H2,1-3H3,(H,24,27). The summed E-state index contributed by atoms with van der Waals surface area (Å²) >= 11 is 0. The molecule has 0 bridgehead atoms. The Bertz CT molecular complexity index is 794. The summed E-state index contributed by atoms with van der Waals surface area (Å²) in [6.45, 7) is 8.85. The van der Waals surface area contributed by atoms with Crippen LogP contribution in [0.25, 0.3) is 0 Å². The van der Waals surface area contributed by atoms with Gasteiger partial charge in [0.25, 0.3) is 5.91 Å². The van der Waals surface area contributed by atoms with E-state index in [-0.39, 0.29) is 17.7 Å². The summed E-state index contributed by atoms with van der Waals surface area (Å²) < 4.78 is 0. The lowest BCUT2D eigenvalue weighted by Crippen LogP contribution is -2.56. The Morgan fingerprint density at radius 2 is 1.50 bits per heavy atom. The fourth-order valence-electron chi connectivity index (χ4n) is 3.46. The van der Waals surface area contributed by atoms with Crippen molar-refractivity contribution < 1.29 is 9.59 Å². The molecular formula is C23H29N3O2. The first-order valence-electron chi connectivity index (χ1n) is 9.92. The lowest BCUT2D eigenvalue weighted by atomic mass is 10.0. The van der Waals surface area contributed by atoms with E-state index in [2.05, 4.69) is 22.3 Å². The van der Waals surface area contributed by atoms with Gasteiger partial charge >= 0.3 is 0 Å². The maximum atomic E-state index is 13.1. The summed E-state index contributed by atoms with van der Waals surface area (Å²) in [5, 5.41) is 2.95. The van der Waals surface area contributed by atoms with Crippen molar-refractivity contribution in [2.45, 2.75) is 26.8 Å². The Morgan fingerprint density at radius 3 is 2.07 bits per heavy atom. The maximum absolute atomic E-state index is 13.1. The highest BCUT2D eigenvalue weighted by Crippen LogP contribution is 2.17. The molecule has 1 heterocycles. The quantitative estimate of drug-likeness (QED) is 0.869. The van der Waals surface area contributed by atoms with Crippen LogP contribution in [0.4, 0.5) is 5.69 Å². The predicted octanol–water partition coefficient (Wildman–Crippen LogP) is 3.10. The first-order chi connectivity index (χ1) is 13.5. The smallest absolute Gasteiger partial charge is 0.251 e. The van der Waals surface area contributed by atoms with Crippen LogP contribution in [0, 0.1) is 12.8 Å². The highest BCUT2D eigenvalue weighted by atomic mass is 16.2. The number of benzene rings is 2. The number of nitrogens with one attached hydrogen (secondary N) is 1. The van der Waals surface area contributed by atoms with E-state index in [4.69, 9.17) is 0 Å². The zero-order chi connectivity index (χ0) is 20.1. The molecule has 1 aliphatic rings. The van der Waals surface area contributed by atoms with Gasteiger partial charge in [-0.25, -0.2) is 0 Å². The summed E-state index contributed by atoms with van der Waals surface area (Å²) in [5.41, 5.74) is 2.87. The Labute approximate surface area is 167 Å². The summed E-state index contributed by atoms with van der Waals surface area (Å²) in [7, 11) is 0. The first kappa shape index (κ1) is 19.9. The Hall–Kier alpha value is -2.82. The largest absolute Gasteiger partial charge is 0.368 e. The highest BCUT2D eigenvalue weighted by Gasteiger charge is 2.31. The number of nitrogens with zero attached hydrogens (tertiary/aromatic N) is 2. The molecule has 1 saturated heterocycles. The third kappa shape index (κ3) is 4.71. The second-order valence-electron chi connectivity index (χ2n) is 7.71. The van der Waals surface area contributed by atoms with Gasteiger partial charge in [-0.2, -0.15) is 0 Å². The number of rotatable bonds is 5. The molecule has 1 fully saturated rings. The molecular weight excluding hydrogens is 350 g/mol. The van der Waals surface area contributed by atoms with Crippen molar-refractivity contribution >= 4 is 17.5 Å². The van der Waals surface area contributed by atoms with Gasteiger partial charge in [0.2, 0.25) is 5.91 Å². The summed E-state index contributed by atoms with van der Waals surface area (Å²) in [5.74, 6) is -0.174. The van der Waals surface area contributed by atoms with Crippen molar-refractivity contribution in [1.82, 2.24) is 10.2 Å². The van der Waals surface area contributed by atoms with Crippen molar-refractivity contribution in [3.8, 4) is 0 Å². The molecule has 1 N–H and O–H groups in total. The van der Waals surface area contributed by atoms with Crippen molar-refractivity contribution in [3.63, 3.8) is 0 Å². The number of piperazine rings is 1. The molecule has 1 unspecified atom stereocenters. The molecule has 0 saturated carbocycles. The lowest BCUT2D eigenvalue weighted by Gasteiger charge is -2.38. The van der Waals surface area contributed by atoms with Crippen LogP contribution in [-0.2, 0) is 4.79 Å². The number of amides is 2. The van der Waals surface area contributed by atoms with Crippen molar-refractivity contribution in [2.75, 3.05) is 31.1 Å². The fourth-order valence-corrected chi connectivity index (χ4v) is 3.46. The monoisotopic (exact) mass is 379 g/mol. The van der Waals surface area contributed by atoms with Crippen LogP contribution < -0.4 is 10.2 Å². The summed E-state index contributed by atoms with van der Waals surface area (Å²) in [6.07, 6.45) is 0. The summed E-state index contributed by atoms with van der Waals surface area (Å²) in [4.78, 5) is 29.9. The van der Waals surface area contributed by atoms with E-state index in [1.807, 2.05) is 56.0 Å². The van der Waals surface area contributed by atoms with Gasteiger partial charge in [-0.3, -0.25) is 9.59 Å². The second kappa shape index (κ2) is 8.91. The Kier molecular flexibility index (Phi) is 6.34. The summed E-state index contributed by atoms with van der Waals surface area (Å²) in [6, 6.07) is 17.1. The normalized spacial score (nSPS) is 15.4. The second-order valence-corrected chi connectivity index (χ2v) is 7.71. The van der Waals surface area contributed by atoms with Crippen LogP contribution in [0.2, 0.25) is 0 Å². The van der Waals surface area contributed by atoms with Gasteiger partial charge in [0.15, 0.2) is 0 Å². The lowest BCUT2D eigenvalue weighted by molar-refractivity contribution is -0.134. The van der Waals surface area contributed by atoms with Crippen LogP contribution in [-0.4, -0.2) is 48.9 Å². The van der Waals surface area contributed by atoms with Gasteiger partial charge in [-0.15, -0.1) is 0 Å². The molecule has 28 heavy (non-hydrogen) atoms. The first-order valence-corrected chi connectivity index (χ1v) is 9.92. The van der Waals surface area contributed by atoms with Crippen LogP contribution in [0.1, 0.15) is 29.8 Å². The van der Waals surface area contributed by atoms with Crippen molar-refractivity contribution in [3.05, 3.63) is 65.7 Å². The highest BCUT2D eigenvalue weighted by molar-refractivity contribution is 5.97. The number of carbonyl (C=O) groups is 2. The molecule has 1 aliphatic heterocycles. The van der Waals surface area contributed by atoms with Crippen LogP contribution >= 0.6 is 0 Å². The third-order valence-electron chi connectivity index (χ3n) is 5.25. The number of anilines is 1. The number of hydrogen-bond donors (Lipinski definition) is 1. The van der Waals surface area contributed by atoms with Gasteiger partial charge in [-0.1, -0.05) is 49.7 Å². The molecule has 5 nitrogen and oxygen atoms in total. The molecule has 3 rings (SSSR count). The minimum absolute atomic E-state index is 0.00294. The zero-order valence-corrected chi connectivity index (χ0v) is 16.9. The SMILES string of the molecule is Cc1ccc(C(=O)NC(C(=O)N2CCN(c3ccccc3)CC2)C(C)C)cc1. The van der Waals surface area contributed by atoms with E-state index in [9.17, 15) is 9.59 Å². The molecule has 0 spiro atoms. The molecule has 5 heteroatoms. The third-order valence-corrected chi connectivity index (χ3v) is 5.25. The fraction of sp³-hybridized carbons (Fsp3) is 0.391. The molecule has 2 amide bonds. The maximum Gasteiger partial charge on any atom is 0.251 e. The Morgan fingerprint density at radius 1 is 0.893 bits per heavy atom. The Balaban J connectivity index is 1.62. The average Bonchev–Trinajstić information content (AvgIpc) is 2.72. The van der Waals surface area contributed by atoms with E-state index in [1.54, 1.807) is 12.1 Å². The molecule has 148 valence electrons. The molecule has 2 aromatic carbocycles. The van der Waals surface area contributed by atoms with E-state index >= 15 is 0 Å². The average molecular weight is 380 g/mol. The number of carbonyl (C=O) groups excluding carboxylic acids is 2. The van der Waals surface area contributed by atoms with Gasteiger partial charge in [0.05, 0.1) is 0 Å². The minimum atomic E-state index is -0.517. The van der Waals surface area contributed by atoms with Gasteiger partial charge in [0, 0.05) is 37.4 Å².